The van der Waals surface area contributed by atoms with Crippen LogP contribution in [0.5, 0.6) is 5.75 Å². The Morgan fingerprint density at radius 1 is 1.27 bits per heavy atom. The molecule has 0 heterocycles. The van der Waals surface area contributed by atoms with Crippen LogP contribution < -0.4 is 0 Å². The summed E-state index contributed by atoms with van der Waals surface area (Å²) in [7, 11) is 0. The van der Waals surface area contributed by atoms with E-state index in [0.717, 1.165) is 5.56 Å². The molecule has 0 atom stereocenters. The molecular formula is C9H7O2. The average Bonchev–Trinajstić information content (AvgIpc) is 2.04. The van der Waals surface area contributed by atoms with Crippen LogP contribution in [0.2, 0.25) is 0 Å². The third-order valence-electron chi connectivity index (χ3n) is 1.24. The summed E-state index contributed by atoms with van der Waals surface area (Å²) in [6.07, 6.45) is 4.54. The third-order valence-corrected chi connectivity index (χ3v) is 1.24. The number of aromatic hydroxyl groups is 1. The van der Waals surface area contributed by atoms with Gasteiger partial charge in [-0.25, -0.2) is 0 Å². The third kappa shape index (κ3) is 2.26. The molecule has 0 aliphatic carbocycles. The highest BCUT2D eigenvalue weighted by molar-refractivity contribution is 5.74. The summed E-state index contributed by atoms with van der Waals surface area (Å²) in [5, 5.41) is 8.88. The Bertz CT molecular complexity index is 259. The smallest absolute Gasteiger partial charge is 0.225 e. The zero-order valence-corrected chi connectivity index (χ0v) is 5.82. The lowest BCUT2D eigenvalue weighted by Gasteiger charge is -1.91. The molecule has 0 aliphatic heterocycles. The van der Waals surface area contributed by atoms with Crippen LogP contribution in [-0.2, 0) is 4.79 Å². The lowest BCUT2D eigenvalue weighted by atomic mass is 10.2. The highest BCUT2D eigenvalue weighted by Gasteiger charge is 1.86. The molecule has 2 heteroatoms. The zero-order chi connectivity index (χ0) is 8.10. The van der Waals surface area contributed by atoms with Crippen molar-refractivity contribution in [3.05, 3.63) is 35.9 Å². The Balaban J connectivity index is 2.81. The zero-order valence-electron chi connectivity index (χ0n) is 5.82. The largest absolute Gasteiger partial charge is 0.508 e. The molecule has 1 radical (unpaired) electrons. The molecule has 2 nitrogen and oxygen atoms in total. The van der Waals surface area contributed by atoms with Crippen molar-refractivity contribution in [3.8, 4) is 5.75 Å². The summed E-state index contributed by atoms with van der Waals surface area (Å²) < 4.78 is 0. The van der Waals surface area contributed by atoms with Gasteiger partial charge in [0.1, 0.15) is 5.75 Å². The maximum Gasteiger partial charge on any atom is 0.225 e. The van der Waals surface area contributed by atoms with Gasteiger partial charge >= 0.3 is 0 Å². The van der Waals surface area contributed by atoms with E-state index in [1.165, 1.54) is 6.08 Å². The molecule has 1 rings (SSSR count). The monoisotopic (exact) mass is 147 g/mol. The van der Waals surface area contributed by atoms with Crippen molar-refractivity contribution in [3.63, 3.8) is 0 Å². The molecule has 0 unspecified atom stereocenters. The first-order valence-corrected chi connectivity index (χ1v) is 3.16. The van der Waals surface area contributed by atoms with E-state index in [-0.39, 0.29) is 5.75 Å². The molecule has 0 fully saturated rings. The minimum Gasteiger partial charge on any atom is -0.508 e. The van der Waals surface area contributed by atoms with Crippen LogP contribution in [0, 0.1) is 0 Å². The molecular weight excluding hydrogens is 140 g/mol. The molecule has 1 N–H and O–H groups in total. The second kappa shape index (κ2) is 3.56. The molecule has 0 aliphatic rings. The van der Waals surface area contributed by atoms with Gasteiger partial charge in [0.25, 0.3) is 0 Å². The van der Waals surface area contributed by atoms with Crippen LogP contribution in [-0.4, -0.2) is 11.4 Å². The molecule has 0 saturated carbocycles. The van der Waals surface area contributed by atoms with Gasteiger partial charge in [0.2, 0.25) is 6.29 Å². The van der Waals surface area contributed by atoms with Crippen LogP contribution in [0.15, 0.2) is 30.3 Å². The number of allylic oxidation sites excluding steroid dienone is 1. The van der Waals surface area contributed by atoms with Crippen molar-refractivity contribution in [1.29, 1.82) is 0 Å². The number of hydrogen-bond donors (Lipinski definition) is 1. The highest BCUT2D eigenvalue weighted by Crippen LogP contribution is 2.10. The summed E-state index contributed by atoms with van der Waals surface area (Å²) in [4.78, 5) is 9.78. The Morgan fingerprint density at radius 3 is 2.45 bits per heavy atom. The van der Waals surface area contributed by atoms with Gasteiger partial charge in [0.05, 0.1) is 0 Å². The first-order chi connectivity index (χ1) is 5.33. The van der Waals surface area contributed by atoms with E-state index in [4.69, 9.17) is 5.11 Å². The van der Waals surface area contributed by atoms with Gasteiger partial charge in [-0.3, -0.25) is 4.79 Å². The molecule has 55 valence electrons. The van der Waals surface area contributed by atoms with Gasteiger partial charge in [-0.15, -0.1) is 0 Å². The summed E-state index contributed by atoms with van der Waals surface area (Å²) in [5.41, 5.74) is 0.867. The Kier molecular flexibility index (Phi) is 2.44. The van der Waals surface area contributed by atoms with E-state index in [9.17, 15) is 4.79 Å². The molecule has 0 saturated heterocycles. The summed E-state index contributed by atoms with van der Waals surface area (Å²) in [6.45, 7) is 0. The maximum absolute atomic E-state index is 9.78. The Morgan fingerprint density at radius 2 is 1.91 bits per heavy atom. The van der Waals surface area contributed by atoms with Crippen LogP contribution in [0.3, 0.4) is 0 Å². The number of rotatable bonds is 2. The lowest BCUT2D eigenvalue weighted by Crippen LogP contribution is -1.70. The van der Waals surface area contributed by atoms with Crippen molar-refractivity contribution in [2.75, 3.05) is 0 Å². The predicted molar refractivity (Wildman–Crippen MR) is 42.8 cm³/mol. The van der Waals surface area contributed by atoms with Gasteiger partial charge < -0.3 is 5.11 Å². The quantitative estimate of drug-likeness (QED) is 0.644. The van der Waals surface area contributed by atoms with Gasteiger partial charge in [-0.2, -0.15) is 0 Å². The van der Waals surface area contributed by atoms with Crippen LogP contribution in [0.4, 0.5) is 0 Å². The fourth-order valence-electron chi connectivity index (χ4n) is 0.716. The van der Waals surface area contributed by atoms with E-state index >= 15 is 0 Å². The summed E-state index contributed by atoms with van der Waals surface area (Å²) in [5.74, 6) is 0.220. The van der Waals surface area contributed by atoms with Crippen LogP contribution in [0.1, 0.15) is 5.56 Å². The molecule has 11 heavy (non-hydrogen) atoms. The molecule has 0 aromatic heterocycles. The second-order valence-electron chi connectivity index (χ2n) is 2.04. The van der Waals surface area contributed by atoms with E-state index < -0.39 is 0 Å². The lowest BCUT2D eigenvalue weighted by molar-refractivity contribution is 0.475. The van der Waals surface area contributed by atoms with Gasteiger partial charge in [0, 0.05) is 0 Å². The minimum absolute atomic E-state index is 0.220. The highest BCUT2D eigenvalue weighted by atomic mass is 16.3. The topological polar surface area (TPSA) is 37.3 Å². The first-order valence-electron chi connectivity index (χ1n) is 3.16. The van der Waals surface area contributed by atoms with Crippen molar-refractivity contribution in [2.45, 2.75) is 0 Å². The van der Waals surface area contributed by atoms with Gasteiger partial charge in [-0.05, 0) is 23.8 Å². The average molecular weight is 147 g/mol. The van der Waals surface area contributed by atoms with E-state index in [2.05, 4.69) is 0 Å². The number of phenolic OH excluding ortho intramolecular Hbond substituents is 1. The minimum atomic E-state index is 0.220. The van der Waals surface area contributed by atoms with Gasteiger partial charge in [0.15, 0.2) is 0 Å². The number of benzene rings is 1. The van der Waals surface area contributed by atoms with E-state index in [1.807, 2.05) is 0 Å². The first kappa shape index (κ1) is 7.54. The number of phenols is 1. The SMILES string of the molecule is O=[C]/C=C\c1ccc(O)cc1. The van der Waals surface area contributed by atoms with Crippen LogP contribution >= 0.6 is 0 Å². The normalized spacial score (nSPS) is 10.2. The molecule has 1 aromatic rings. The predicted octanol–water partition coefficient (Wildman–Crippen LogP) is 1.52. The van der Waals surface area contributed by atoms with Crippen molar-refractivity contribution < 1.29 is 9.90 Å². The summed E-state index contributed by atoms with van der Waals surface area (Å²) >= 11 is 0. The maximum atomic E-state index is 9.78. The van der Waals surface area contributed by atoms with E-state index in [0.29, 0.717) is 0 Å². The fraction of sp³-hybridized carbons (Fsp3) is 0. The molecule has 0 amide bonds. The summed E-state index contributed by atoms with van der Waals surface area (Å²) in [6, 6.07) is 6.54. The molecule has 0 spiro atoms. The van der Waals surface area contributed by atoms with Crippen molar-refractivity contribution in [2.24, 2.45) is 0 Å². The molecule has 0 bridgehead atoms. The number of hydrogen-bond acceptors (Lipinski definition) is 2. The molecule has 1 aromatic carbocycles. The Hall–Kier alpha value is -1.57. The Labute approximate surface area is 64.8 Å². The fourth-order valence-corrected chi connectivity index (χ4v) is 0.716. The van der Waals surface area contributed by atoms with Crippen molar-refractivity contribution >= 4 is 12.4 Å². The standard InChI is InChI=1S/C9H7O2/c10-7-1-2-8-3-5-9(11)6-4-8/h1-6,11H/b2-1-. The number of carbonyl (C=O) groups excluding carboxylic acids is 1. The second-order valence-corrected chi connectivity index (χ2v) is 2.04. The van der Waals surface area contributed by atoms with E-state index in [1.54, 1.807) is 36.6 Å². The van der Waals surface area contributed by atoms with Crippen LogP contribution in [0.25, 0.3) is 6.08 Å². The van der Waals surface area contributed by atoms with Gasteiger partial charge in [-0.1, -0.05) is 18.2 Å². The van der Waals surface area contributed by atoms with Crippen molar-refractivity contribution in [1.82, 2.24) is 0 Å².